The number of rotatable bonds is 4. The van der Waals surface area contributed by atoms with E-state index in [4.69, 9.17) is 0 Å². The average Bonchev–Trinajstić information content (AvgIpc) is 2.96. The van der Waals surface area contributed by atoms with E-state index in [0.29, 0.717) is 24.6 Å². The molecule has 2 aliphatic rings. The molecule has 1 amide bonds. The van der Waals surface area contributed by atoms with Gasteiger partial charge in [-0.2, -0.15) is 11.8 Å². The summed E-state index contributed by atoms with van der Waals surface area (Å²) < 4.78 is 14.1. The number of halogens is 1. The number of hydrogen-bond acceptors (Lipinski definition) is 4. The van der Waals surface area contributed by atoms with Crippen LogP contribution in [-0.2, 0) is 4.79 Å². The Kier molecular flexibility index (Phi) is 5.00. The smallest absolute Gasteiger partial charge is 0.223 e. The van der Waals surface area contributed by atoms with E-state index in [9.17, 15) is 9.18 Å². The number of nitrogens with zero attached hydrogens (tertiary/aromatic N) is 1. The van der Waals surface area contributed by atoms with Gasteiger partial charge in [0.15, 0.2) is 0 Å². The number of amides is 1. The van der Waals surface area contributed by atoms with Crippen molar-refractivity contribution in [2.75, 3.05) is 25.1 Å². The first-order chi connectivity index (χ1) is 10.7. The quantitative estimate of drug-likeness (QED) is 0.889. The Labute approximate surface area is 134 Å². The lowest BCUT2D eigenvalue weighted by molar-refractivity contribution is -0.132. The van der Waals surface area contributed by atoms with Crippen LogP contribution in [0.4, 0.5) is 4.39 Å². The molecule has 2 saturated heterocycles. The molecule has 3 atom stereocenters. The molecule has 0 aliphatic carbocycles. The summed E-state index contributed by atoms with van der Waals surface area (Å²) in [5.74, 6) is 1.10. The fourth-order valence-electron chi connectivity index (χ4n) is 3.41. The molecule has 0 spiro atoms. The molecular formula is C16H22FN3OS. The van der Waals surface area contributed by atoms with E-state index in [1.54, 1.807) is 17.8 Å². The third-order valence-corrected chi connectivity index (χ3v) is 5.24. The predicted molar refractivity (Wildman–Crippen MR) is 86.9 cm³/mol. The molecule has 2 aliphatic heterocycles. The normalized spacial score (nSPS) is 27.7. The van der Waals surface area contributed by atoms with Gasteiger partial charge in [-0.25, -0.2) is 9.82 Å². The van der Waals surface area contributed by atoms with E-state index in [0.717, 1.165) is 18.7 Å². The number of likely N-dealkylation sites (tertiary alicyclic amines) is 1. The Morgan fingerprint density at radius 2 is 2.23 bits per heavy atom. The molecule has 2 heterocycles. The second kappa shape index (κ2) is 6.98. The van der Waals surface area contributed by atoms with Gasteiger partial charge in [0, 0.05) is 42.8 Å². The van der Waals surface area contributed by atoms with Crippen molar-refractivity contribution >= 4 is 17.7 Å². The number of hydrogen-bond donors (Lipinski definition) is 2. The third kappa shape index (κ3) is 3.14. The summed E-state index contributed by atoms with van der Waals surface area (Å²) in [6.45, 7) is 1.48. The van der Waals surface area contributed by atoms with Crippen molar-refractivity contribution in [2.24, 2.45) is 5.92 Å². The van der Waals surface area contributed by atoms with Gasteiger partial charge in [-0.15, -0.1) is 0 Å². The van der Waals surface area contributed by atoms with E-state index in [1.807, 2.05) is 23.3 Å². The van der Waals surface area contributed by atoms with Gasteiger partial charge in [0.05, 0.1) is 6.04 Å². The molecule has 6 heteroatoms. The minimum Gasteiger partial charge on any atom is -0.342 e. The largest absolute Gasteiger partial charge is 0.342 e. The summed E-state index contributed by atoms with van der Waals surface area (Å²) >= 11 is 1.69. The molecule has 0 saturated carbocycles. The van der Waals surface area contributed by atoms with Crippen molar-refractivity contribution in [1.29, 1.82) is 0 Å². The maximum atomic E-state index is 14.1. The van der Waals surface area contributed by atoms with Crippen LogP contribution in [-0.4, -0.2) is 41.9 Å². The first-order valence-corrected chi connectivity index (χ1v) is 9.12. The standard InChI is InChI=1S/C16H22FN3OS/c1-22-9-7-15(21)20-8-6-14-12(10-20)16(19-18-14)11-4-2-3-5-13(11)17/h2-5,12,14,16,18-19H,6-10H2,1H3. The molecule has 0 radical (unpaired) electrons. The Bertz CT molecular complexity index is 542. The number of nitrogens with one attached hydrogen (secondary N) is 2. The lowest BCUT2D eigenvalue weighted by Gasteiger charge is -2.36. The summed E-state index contributed by atoms with van der Waals surface area (Å²) in [6.07, 6.45) is 3.51. The Morgan fingerprint density at radius 3 is 3.00 bits per heavy atom. The van der Waals surface area contributed by atoms with Crippen LogP contribution in [0.1, 0.15) is 24.4 Å². The summed E-state index contributed by atoms with van der Waals surface area (Å²) in [4.78, 5) is 14.2. The van der Waals surface area contributed by atoms with Crippen LogP contribution in [0.2, 0.25) is 0 Å². The van der Waals surface area contributed by atoms with Crippen molar-refractivity contribution in [3.05, 3.63) is 35.6 Å². The fraction of sp³-hybridized carbons (Fsp3) is 0.562. The van der Waals surface area contributed by atoms with E-state index < -0.39 is 0 Å². The van der Waals surface area contributed by atoms with Crippen LogP contribution < -0.4 is 10.9 Å². The van der Waals surface area contributed by atoms with Gasteiger partial charge >= 0.3 is 0 Å². The zero-order chi connectivity index (χ0) is 15.5. The second-order valence-electron chi connectivity index (χ2n) is 5.93. The minimum absolute atomic E-state index is 0.0812. The molecular weight excluding hydrogens is 301 g/mol. The molecule has 3 rings (SSSR count). The predicted octanol–water partition coefficient (Wildman–Crippen LogP) is 1.94. The molecule has 2 N–H and O–H groups in total. The highest BCUT2D eigenvalue weighted by Crippen LogP contribution is 2.34. The van der Waals surface area contributed by atoms with Crippen molar-refractivity contribution in [1.82, 2.24) is 15.8 Å². The lowest BCUT2D eigenvalue weighted by Crippen LogP contribution is -2.47. The van der Waals surface area contributed by atoms with Gasteiger partial charge in [0.2, 0.25) is 5.91 Å². The summed E-state index contributed by atoms with van der Waals surface area (Å²) in [7, 11) is 0. The molecule has 1 aromatic rings. The molecule has 0 bridgehead atoms. The number of carbonyl (C=O) groups excluding carboxylic acids is 1. The number of fused-ring (bicyclic) bond motifs is 1. The van der Waals surface area contributed by atoms with Crippen LogP contribution in [0.15, 0.2) is 24.3 Å². The molecule has 22 heavy (non-hydrogen) atoms. The molecule has 0 aromatic heterocycles. The monoisotopic (exact) mass is 323 g/mol. The third-order valence-electron chi connectivity index (χ3n) is 4.62. The fourth-order valence-corrected chi connectivity index (χ4v) is 3.79. The van der Waals surface area contributed by atoms with Crippen LogP contribution in [0, 0.1) is 11.7 Å². The average molecular weight is 323 g/mol. The number of carbonyl (C=O) groups is 1. The number of hydrazine groups is 1. The van der Waals surface area contributed by atoms with Gasteiger partial charge in [0.1, 0.15) is 5.82 Å². The Hall–Kier alpha value is -1.11. The molecule has 1 aromatic carbocycles. The van der Waals surface area contributed by atoms with E-state index in [2.05, 4.69) is 10.9 Å². The summed E-state index contributed by atoms with van der Waals surface area (Å²) in [5, 5.41) is 0. The van der Waals surface area contributed by atoms with Crippen LogP contribution in [0.3, 0.4) is 0 Å². The summed E-state index contributed by atoms with van der Waals surface area (Å²) in [6, 6.07) is 7.10. The topological polar surface area (TPSA) is 44.4 Å². The van der Waals surface area contributed by atoms with Crippen molar-refractivity contribution in [2.45, 2.75) is 24.9 Å². The van der Waals surface area contributed by atoms with Crippen molar-refractivity contribution < 1.29 is 9.18 Å². The maximum Gasteiger partial charge on any atom is 0.223 e. The Morgan fingerprint density at radius 1 is 1.41 bits per heavy atom. The molecule has 3 unspecified atom stereocenters. The van der Waals surface area contributed by atoms with Gasteiger partial charge in [-0.05, 0) is 18.7 Å². The number of thioether (sulfide) groups is 1. The van der Waals surface area contributed by atoms with Crippen LogP contribution in [0.5, 0.6) is 0 Å². The van der Waals surface area contributed by atoms with Gasteiger partial charge < -0.3 is 4.90 Å². The SMILES string of the molecule is CSCCC(=O)N1CCC2NNC(c3ccccc3F)C2C1. The van der Waals surface area contributed by atoms with E-state index in [1.165, 1.54) is 6.07 Å². The van der Waals surface area contributed by atoms with Crippen molar-refractivity contribution in [3.8, 4) is 0 Å². The number of piperidine rings is 1. The number of benzene rings is 1. The van der Waals surface area contributed by atoms with Gasteiger partial charge in [0.25, 0.3) is 0 Å². The van der Waals surface area contributed by atoms with E-state index >= 15 is 0 Å². The second-order valence-corrected chi connectivity index (χ2v) is 6.92. The highest BCUT2D eigenvalue weighted by atomic mass is 32.2. The van der Waals surface area contributed by atoms with E-state index in [-0.39, 0.29) is 23.7 Å². The summed E-state index contributed by atoms with van der Waals surface area (Å²) in [5.41, 5.74) is 7.19. The van der Waals surface area contributed by atoms with Gasteiger partial charge in [-0.3, -0.25) is 10.2 Å². The first kappa shape index (κ1) is 15.8. The first-order valence-electron chi connectivity index (χ1n) is 7.73. The Balaban J connectivity index is 1.72. The zero-order valence-corrected chi connectivity index (χ0v) is 13.5. The van der Waals surface area contributed by atoms with Crippen molar-refractivity contribution in [3.63, 3.8) is 0 Å². The maximum absolute atomic E-state index is 14.1. The molecule has 120 valence electrons. The highest BCUT2D eigenvalue weighted by Gasteiger charge is 2.42. The van der Waals surface area contributed by atoms with Crippen LogP contribution in [0.25, 0.3) is 0 Å². The lowest BCUT2D eigenvalue weighted by atomic mass is 9.85. The minimum atomic E-state index is -0.187. The molecule has 2 fully saturated rings. The highest BCUT2D eigenvalue weighted by molar-refractivity contribution is 7.98. The molecule has 4 nitrogen and oxygen atoms in total. The zero-order valence-electron chi connectivity index (χ0n) is 12.7. The van der Waals surface area contributed by atoms with Crippen LogP contribution >= 0.6 is 11.8 Å². The van der Waals surface area contributed by atoms with Gasteiger partial charge in [-0.1, -0.05) is 18.2 Å².